The molecule has 0 saturated carbocycles. The van der Waals surface area contributed by atoms with Crippen molar-refractivity contribution in [3.63, 3.8) is 0 Å². The standard InChI is InChI=1S/C14H15ClN2OS2/c1-9-12(3-2-8-19)20-14(16-9)17-13(18)10-4-6-11(15)7-5-10/h4-7,19H,2-3,8H2,1H3,(H,16,17,18). The number of nitrogens with zero attached hydrogens (tertiary/aromatic N) is 1. The second-order valence-electron chi connectivity index (χ2n) is 4.32. The third-order valence-electron chi connectivity index (χ3n) is 2.78. The van der Waals surface area contributed by atoms with Gasteiger partial charge in [-0.25, -0.2) is 4.98 Å². The second kappa shape index (κ2) is 7.11. The SMILES string of the molecule is Cc1nc(NC(=O)c2ccc(Cl)cc2)sc1CCCS. The van der Waals surface area contributed by atoms with Crippen molar-refractivity contribution in [3.05, 3.63) is 45.4 Å². The molecule has 0 atom stereocenters. The van der Waals surface area contributed by atoms with Crippen LogP contribution in [0.4, 0.5) is 5.13 Å². The minimum Gasteiger partial charge on any atom is -0.298 e. The average molecular weight is 327 g/mol. The fraction of sp³-hybridized carbons (Fsp3) is 0.286. The summed E-state index contributed by atoms with van der Waals surface area (Å²) in [5.74, 6) is 0.681. The Balaban J connectivity index is 2.06. The smallest absolute Gasteiger partial charge is 0.257 e. The highest BCUT2D eigenvalue weighted by Gasteiger charge is 2.11. The van der Waals surface area contributed by atoms with Gasteiger partial charge in [-0.2, -0.15) is 12.6 Å². The van der Waals surface area contributed by atoms with Crippen LogP contribution in [0.1, 0.15) is 27.3 Å². The minimum atomic E-state index is -0.170. The van der Waals surface area contributed by atoms with Crippen LogP contribution in [-0.4, -0.2) is 16.6 Å². The fourth-order valence-corrected chi connectivity index (χ4v) is 3.01. The largest absolute Gasteiger partial charge is 0.298 e. The molecule has 1 amide bonds. The number of aromatic nitrogens is 1. The fourth-order valence-electron chi connectivity index (χ4n) is 1.72. The van der Waals surface area contributed by atoms with Gasteiger partial charge in [-0.05, 0) is 49.8 Å². The lowest BCUT2D eigenvalue weighted by Crippen LogP contribution is -2.11. The summed E-state index contributed by atoms with van der Waals surface area (Å²) in [6.45, 7) is 1.96. The molecule has 0 aliphatic heterocycles. The predicted octanol–water partition coefficient (Wildman–Crippen LogP) is 4.22. The van der Waals surface area contributed by atoms with Gasteiger partial charge in [0.15, 0.2) is 5.13 Å². The van der Waals surface area contributed by atoms with Crippen LogP contribution in [-0.2, 0) is 6.42 Å². The van der Waals surface area contributed by atoms with Gasteiger partial charge in [-0.1, -0.05) is 11.6 Å². The lowest BCUT2D eigenvalue weighted by atomic mass is 10.2. The maximum atomic E-state index is 12.1. The Labute approximate surface area is 132 Å². The Bertz CT molecular complexity index is 596. The number of amides is 1. The van der Waals surface area contributed by atoms with E-state index in [1.807, 2.05) is 6.92 Å². The molecule has 0 fully saturated rings. The van der Waals surface area contributed by atoms with Crippen molar-refractivity contribution in [2.24, 2.45) is 0 Å². The van der Waals surface area contributed by atoms with E-state index >= 15 is 0 Å². The molecule has 0 spiro atoms. The lowest BCUT2D eigenvalue weighted by Gasteiger charge is -2.01. The van der Waals surface area contributed by atoms with Crippen molar-refractivity contribution < 1.29 is 4.79 Å². The van der Waals surface area contributed by atoms with E-state index in [1.165, 1.54) is 16.2 Å². The third kappa shape index (κ3) is 3.98. The number of rotatable bonds is 5. The lowest BCUT2D eigenvalue weighted by molar-refractivity contribution is 0.102. The average Bonchev–Trinajstić information content (AvgIpc) is 2.77. The van der Waals surface area contributed by atoms with Gasteiger partial charge >= 0.3 is 0 Å². The minimum absolute atomic E-state index is 0.170. The summed E-state index contributed by atoms with van der Waals surface area (Å²) in [6.07, 6.45) is 1.96. The van der Waals surface area contributed by atoms with Crippen LogP contribution in [0.5, 0.6) is 0 Å². The van der Waals surface area contributed by atoms with Crippen LogP contribution < -0.4 is 5.32 Å². The quantitative estimate of drug-likeness (QED) is 0.808. The zero-order valence-electron chi connectivity index (χ0n) is 11.0. The number of thiazole rings is 1. The first-order chi connectivity index (χ1) is 9.60. The first kappa shape index (κ1) is 15.4. The van der Waals surface area contributed by atoms with Crippen molar-refractivity contribution in [3.8, 4) is 0 Å². The van der Waals surface area contributed by atoms with E-state index in [-0.39, 0.29) is 5.91 Å². The molecule has 1 N–H and O–H groups in total. The Kier molecular flexibility index (Phi) is 5.46. The number of benzene rings is 1. The van der Waals surface area contributed by atoms with Gasteiger partial charge < -0.3 is 0 Å². The highest BCUT2D eigenvalue weighted by molar-refractivity contribution is 7.80. The summed E-state index contributed by atoms with van der Waals surface area (Å²) < 4.78 is 0. The first-order valence-corrected chi connectivity index (χ1v) is 8.07. The molecule has 1 heterocycles. The summed E-state index contributed by atoms with van der Waals surface area (Å²) in [4.78, 5) is 17.6. The maximum Gasteiger partial charge on any atom is 0.257 e. The second-order valence-corrected chi connectivity index (χ2v) is 6.28. The van der Waals surface area contributed by atoms with Crippen LogP contribution in [0.15, 0.2) is 24.3 Å². The van der Waals surface area contributed by atoms with Crippen molar-refractivity contribution in [1.29, 1.82) is 0 Å². The first-order valence-electron chi connectivity index (χ1n) is 6.24. The number of hydrogen-bond acceptors (Lipinski definition) is 4. The van der Waals surface area contributed by atoms with Crippen LogP contribution in [0.2, 0.25) is 5.02 Å². The summed E-state index contributed by atoms with van der Waals surface area (Å²) in [6, 6.07) is 6.78. The predicted molar refractivity (Wildman–Crippen MR) is 88.4 cm³/mol. The van der Waals surface area contributed by atoms with Gasteiger partial charge in [-0.3, -0.25) is 10.1 Å². The number of halogens is 1. The molecule has 0 aliphatic rings. The summed E-state index contributed by atoms with van der Waals surface area (Å²) in [5.41, 5.74) is 1.54. The van der Waals surface area contributed by atoms with E-state index in [1.54, 1.807) is 24.3 Å². The number of aryl methyl sites for hydroxylation is 2. The Morgan fingerprint density at radius 1 is 1.40 bits per heavy atom. The monoisotopic (exact) mass is 326 g/mol. The molecule has 1 aromatic carbocycles. The third-order valence-corrected chi connectivity index (χ3v) is 4.48. The van der Waals surface area contributed by atoms with E-state index in [2.05, 4.69) is 22.9 Å². The van der Waals surface area contributed by atoms with Crippen LogP contribution in [0.3, 0.4) is 0 Å². The number of anilines is 1. The van der Waals surface area contributed by atoms with E-state index in [0.717, 1.165) is 24.3 Å². The van der Waals surface area contributed by atoms with E-state index in [4.69, 9.17) is 11.6 Å². The highest BCUT2D eigenvalue weighted by atomic mass is 35.5. The van der Waals surface area contributed by atoms with Crippen LogP contribution >= 0.6 is 35.6 Å². The number of thiol groups is 1. The van der Waals surface area contributed by atoms with Gasteiger partial charge in [-0.15, -0.1) is 11.3 Å². The topological polar surface area (TPSA) is 42.0 Å². The van der Waals surface area contributed by atoms with Gasteiger partial charge in [0.1, 0.15) is 0 Å². The summed E-state index contributed by atoms with van der Waals surface area (Å²) in [7, 11) is 0. The number of carbonyl (C=O) groups is 1. The van der Waals surface area contributed by atoms with E-state index in [0.29, 0.717) is 15.7 Å². The molecule has 0 radical (unpaired) electrons. The summed E-state index contributed by atoms with van der Waals surface area (Å²) in [5, 5.41) is 4.07. The molecule has 106 valence electrons. The molecule has 0 bridgehead atoms. The van der Waals surface area contributed by atoms with E-state index < -0.39 is 0 Å². The van der Waals surface area contributed by atoms with Crippen molar-refractivity contribution in [1.82, 2.24) is 4.98 Å². The van der Waals surface area contributed by atoms with Crippen LogP contribution in [0, 0.1) is 6.92 Å². The number of hydrogen-bond donors (Lipinski definition) is 2. The Morgan fingerprint density at radius 3 is 2.75 bits per heavy atom. The molecule has 2 aromatic rings. The van der Waals surface area contributed by atoms with Crippen molar-refractivity contribution in [2.45, 2.75) is 19.8 Å². The molecule has 0 aliphatic carbocycles. The maximum absolute atomic E-state index is 12.1. The highest BCUT2D eigenvalue weighted by Crippen LogP contribution is 2.24. The van der Waals surface area contributed by atoms with Gasteiger partial charge in [0, 0.05) is 15.5 Å². The summed E-state index contributed by atoms with van der Waals surface area (Å²) >= 11 is 11.5. The molecule has 0 saturated heterocycles. The zero-order valence-corrected chi connectivity index (χ0v) is 13.5. The van der Waals surface area contributed by atoms with E-state index in [9.17, 15) is 4.79 Å². The molecule has 20 heavy (non-hydrogen) atoms. The van der Waals surface area contributed by atoms with Gasteiger partial charge in [0.2, 0.25) is 0 Å². The molecule has 2 rings (SSSR count). The molecule has 1 aromatic heterocycles. The van der Waals surface area contributed by atoms with Gasteiger partial charge in [0.05, 0.1) is 5.69 Å². The van der Waals surface area contributed by atoms with Gasteiger partial charge in [0.25, 0.3) is 5.91 Å². The molecule has 3 nitrogen and oxygen atoms in total. The zero-order chi connectivity index (χ0) is 14.5. The molecular formula is C14H15ClN2OS2. The normalized spacial score (nSPS) is 10.6. The van der Waals surface area contributed by atoms with Crippen LogP contribution in [0.25, 0.3) is 0 Å². The molecular weight excluding hydrogens is 312 g/mol. The number of carbonyl (C=O) groups excluding carboxylic acids is 1. The Hall–Kier alpha value is -1.04. The molecule has 0 unspecified atom stereocenters. The number of nitrogens with one attached hydrogen (secondary N) is 1. The van der Waals surface area contributed by atoms with Crippen molar-refractivity contribution >= 4 is 46.6 Å². The van der Waals surface area contributed by atoms with Crippen molar-refractivity contribution in [2.75, 3.05) is 11.1 Å². The Morgan fingerprint density at radius 2 is 2.10 bits per heavy atom. The molecule has 6 heteroatoms.